The van der Waals surface area contributed by atoms with Gasteiger partial charge in [0.15, 0.2) is 0 Å². The van der Waals surface area contributed by atoms with E-state index in [9.17, 15) is 9.59 Å². The normalized spacial score (nSPS) is 11.9. The van der Waals surface area contributed by atoms with Crippen LogP contribution in [0.4, 0.5) is 5.69 Å². The molecule has 17 heavy (non-hydrogen) atoms. The number of primary amides is 1. The number of nitrogens with two attached hydrogens (primary N) is 1. The molecule has 0 aliphatic rings. The zero-order valence-corrected chi connectivity index (χ0v) is 10.1. The molecule has 92 valence electrons. The second-order valence-electron chi connectivity index (χ2n) is 3.76. The molecule has 1 unspecified atom stereocenters. The SMILES string of the molecule is COC(C)C(=O)Nc1ccc(C(N)=O)cc1C. The van der Waals surface area contributed by atoms with Gasteiger partial charge in [0.05, 0.1) is 0 Å². The van der Waals surface area contributed by atoms with Crippen LogP contribution < -0.4 is 11.1 Å². The Morgan fingerprint density at radius 3 is 2.53 bits per heavy atom. The predicted octanol–water partition coefficient (Wildman–Crippen LogP) is 1.07. The van der Waals surface area contributed by atoms with Gasteiger partial charge < -0.3 is 15.8 Å². The van der Waals surface area contributed by atoms with Gasteiger partial charge >= 0.3 is 0 Å². The fourth-order valence-corrected chi connectivity index (χ4v) is 1.30. The fraction of sp³-hybridized carbons (Fsp3) is 0.333. The van der Waals surface area contributed by atoms with Crippen LogP contribution in [0.15, 0.2) is 18.2 Å². The van der Waals surface area contributed by atoms with Gasteiger partial charge in [0.25, 0.3) is 5.91 Å². The zero-order chi connectivity index (χ0) is 13.0. The first-order valence-corrected chi connectivity index (χ1v) is 5.19. The van der Waals surface area contributed by atoms with E-state index < -0.39 is 12.0 Å². The van der Waals surface area contributed by atoms with E-state index >= 15 is 0 Å². The first-order valence-electron chi connectivity index (χ1n) is 5.19. The molecule has 5 heteroatoms. The molecule has 1 aromatic carbocycles. The van der Waals surface area contributed by atoms with E-state index in [1.54, 1.807) is 32.0 Å². The third-order valence-corrected chi connectivity index (χ3v) is 2.49. The summed E-state index contributed by atoms with van der Waals surface area (Å²) in [5.74, 6) is -0.723. The molecule has 0 aliphatic heterocycles. The molecule has 0 bridgehead atoms. The Bertz CT molecular complexity index is 443. The first-order chi connectivity index (χ1) is 7.95. The maximum atomic E-state index is 11.6. The van der Waals surface area contributed by atoms with Crippen molar-refractivity contribution in [3.05, 3.63) is 29.3 Å². The zero-order valence-electron chi connectivity index (χ0n) is 10.1. The average molecular weight is 236 g/mol. The van der Waals surface area contributed by atoms with E-state index in [1.807, 2.05) is 0 Å². The van der Waals surface area contributed by atoms with Gasteiger partial charge in [-0.2, -0.15) is 0 Å². The maximum absolute atomic E-state index is 11.6. The first kappa shape index (κ1) is 13.2. The number of ether oxygens (including phenoxy) is 1. The van der Waals surface area contributed by atoms with Crippen LogP contribution in [0.3, 0.4) is 0 Å². The van der Waals surface area contributed by atoms with Crippen molar-refractivity contribution in [3.63, 3.8) is 0 Å². The molecular weight excluding hydrogens is 220 g/mol. The van der Waals surface area contributed by atoms with Crippen LogP contribution in [0.1, 0.15) is 22.8 Å². The van der Waals surface area contributed by atoms with E-state index in [4.69, 9.17) is 10.5 Å². The third-order valence-electron chi connectivity index (χ3n) is 2.49. The molecule has 1 rings (SSSR count). The van der Waals surface area contributed by atoms with Gasteiger partial charge in [-0.25, -0.2) is 0 Å². The molecule has 3 N–H and O–H groups in total. The van der Waals surface area contributed by atoms with E-state index in [2.05, 4.69) is 5.32 Å². The second kappa shape index (κ2) is 5.45. The lowest BCUT2D eigenvalue weighted by molar-refractivity contribution is -0.124. The summed E-state index contributed by atoms with van der Waals surface area (Å²) in [5.41, 5.74) is 6.99. The predicted molar refractivity (Wildman–Crippen MR) is 64.8 cm³/mol. The number of anilines is 1. The summed E-state index contributed by atoms with van der Waals surface area (Å²) in [5, 5.41) is 2.71. The summed E-state index contributed by atoms with van der Waals surface area (Å²) in [7, 11) is 1.47. The Kier molecular flexibility index (Phi) is 4.23. The molecule has 1 aromatic rings. The number of methoxy groups -OCH3 is 1. The number of carbonyl (C=O) groups is 2. The van der Waals surface area contributed by atoms with Crippen molar-refractivity contribution in [2.24, 2.45) is 5.73 Å². The minimum Gasteiger partial charge on any atom is -0.372 e. The van der Waals surface area contributed by atoms with Crippen LogP contribution in [-0.4, -0.2) is 25.0 Å². The van der Waals surface area contributed by atoms with Gasteiger partial charge in [-0.3, -0.25) is 9.59 Å². The lowest BCUT2D eigenvalue weighted by Gasteiger charge is -2.12. The van der Waals surface area contributed by atoms with Crippen molar-refractivity contribution in [2.75, 3.05) is 12.4 Å². The quantitative estimate of drug-likeness (QED) is 0.820. The highest BCUT2D eigenvalue weighted by Gasteiger charge is 2.13. The summed E-state index contributed by atoms with van der Waals surface area (Å²) >= 11 is 0. The number of hydrogen-bond acceptors (Lipinski definition) is 3. The number of amides is 2. The lowest BCUT2D eigenvalue weighted by atomic mass is 10.1. The summed E-state index contributed by atoms with van der Waals surface area (Å²) in [6, 6.07) is 4.85. The molecule has 0 heterocycles. The maximum Gasteiger partial charge on any atom is 0.253 e. The fourth-order valence-electron chi connectivity index (χ4n) is 1.30. The highest BCUT2D eigenvalue weighted by atomic mass is 16.5. The number of hydrogen-bond donors (Lipinski definition) is 2. The van der Waals surface area contributed by atoms with E-state index in [0.29, 0.717) is 11.3 Å². The molecular formula is C12H16N2O3. The summed E-state index contributed by atoms with van der Waals surface area (Å²) < 4.78 is 4.90. The van der Waals surface area contributed by atoms with Crippen molar-refractivity contribution in [1.82, 2.24) is 0 Å². The molecule has 0 aliphatic carbocycles. The minimum atomic E-state index is -0.523. The van der Waals surface area contributed by atoms with Crippen molar-refractivity contribution in [2.45, 2.75) is 20.0 Å². The van der Waals surface area contributed by atoms with Crippen LogP contribution in [0.25, 0.3) is 0 Å². The van der Waals surface area contributed by atoms with Crippen LogP contribution in [0, 0.1) is 6.92 Å². The average Bonchev–Trinajstić information content (AvgIpc) is 2.30. The van der Waals surface area contributed by atoms with E-state index in [-0.39, 0.29) is 5.91 Å². The molecule has 5 nitrogen and oxygen atoms in total. The van der Waals surface area contributed by atoms with E-state index in [0.717, 1.165) is 5.56 Å². The molecule has 0 fully saturated rings. The highest BCUT2D eigenvalue weighted by molar-refractivity contribution is 5.96. The van der Waals surface area contributed by atoms with Gasteiger partial charge in [-0.1, -0.05) is 0 Å². The highest BCUT2D eigenvalue weighted by Crippen LogP contribution is 2.16. The topological polar surface area (TPSA) is 81.4 Å². The number of carbonyl (C=O) groups excluding carboxylic acids is 2. The lowest BCUT2D eigenvalue weighted by Crippen LogP contribution is -2.26. The standard InChI is InChI=1S/C12H16N2O3/c1-7-6-9(11(13)15)4-5-10(7)14-12(16)8(2)17-3/h4-6,8H,1-3H3,(H2,13,15)(H,14,16). The van der Waals surface area contributed by atoms with Gasteiger partial charge in [0.2, 0.25) is 5.91 Å². The third kappa shape index (κ3) is 3.29. The van der Waals surface area contributed by atoms with Crippen molar-refractivity contribution < 1.29 is 14.3 Å². The Labute approximate surface area is 99.9 Å². The van der Waals surface area contributed by atoms with Gasteiger partial charge in [0.1, 0.15) is 6.10 Å². The van der Waals surface area contributed by atoms with Crippen LogP contribution in [-0.2, 0) is 9.53 Å². The minimum absolute atomic E-state index is 0.234. The molecule has 0 spiro atoms. The Morgan fingerprint density at radius 1 is 1.41 bits per heavy atom. The Hall–Kier alpha value is -1.88. The molecule has 2 amide bonds. The Morgan fingerprint density at radius 2 is 2.06 bits per heavy atom. The Balaban J connectivity index is 2.86. The van der Waals surface area contributed by atoms with Gasteiger partial charge in [-0.15, -0.1) is 0 Å². The number of rotatable bonds is 4. The van der Waals surface area contributed by atoms with Crippen molar-refractivity contribution in [3.8, 4) is 0 Å². The number of nitrogens with one attached hydrogen (secondary N) is 1. The summed E-state index contributed by atoms with van der Waals surface area (Å²) in [6.07, 6.45) is -0.523. The van der Waals surface area contributed by atoms with Gasteiger partial charge in [-0.05, 0) is 37.6 Å². The largest absolute Gasteiger partial charge is 0.372 e. The number of aryl methyl sites for hydroxylation is 1. The summed E-state index contributed by atoms with van der Waals surface area (Å²) in [6.45, 7) is 3.45. The van der Waals surface area contributed by atoms with E-state index in [1.165, 1.54) is 7.11 Å². The smallest absolute Gasteiger partial charge is 0.253 e. The number of benzene rings is 1. The van der Waals surface area contributed by atoms with Crippen molar-refractivity contribution >= 4 is 17.5 Å². The van der Waals surface area contributed by atoms with Crippen molar-refractivity contribution in [1.29, 1.82) is 0 Å². The molecule has 0 saturated heterocycles. The molecule has 0 saturated carbocycles. The molecule has 1 atom stereocenters. The monoisotopic (exact) mass is 236 g/mol. The van der Waals surface area contributed by atoms with Gasteiger partial charge in [0, 0.05) is 18.4 Å². The second-order valence-corrected chi connectivity index (χ2v) is 3.76. The van der Waals surface area contributed by atoms with Crippen LogP contribution >= 0.6 is 0 Å². The summed E-state index contributed by atoms with van der Waals surface area (Å²) in [4.78, 5) is 22.5. The molecule has 0 aromatic heterocycles. The van der Waals surface area contributed by atoms with Crippen LogP contribution in [0.2, 0.25) is 0 Å². The van der Waals surface area contributed by atoms with Crippen LogP contribution in [0.5, 0.6) is 0 Å². The molecule has 0 radical (unpaired) electrons.